The number of nitrogens with zero attached hydrogens (tertiary/aromatic N) is 2. The van der Waals surface area contributed by atoms with E-state index in [2.05, 4.69) is 40.5 Å². The average molecular weight is 317 g/mol. The molecule has 2 aliphatic heterocycles. The van der Waals surface area contributed by atoms with Gasteiger partial charge in [-0.2, -0.15) is 0 Å². The largest absolute Gasteiger partial charge is 0.493 e. The lowest BCUT2D eigenvalue weighted by Crippen LogP contribution is -2.43. The molecule has 5 heteroatoms. The SMILES string of the molecule is CN=C(NCC1CCOc2ccccc21)N(C)CC1CCOC1. The third kappa shape index (κ3) is 3.96. The van der Waals surface area contributed by atoms with Crippen molar-refractivity contribution in [2.45, 2.75) is 18.8 Å². The van der Waals surface area contributed by atoms with Crippen LogP contribution in [0.25, 0.3) is 0 Å². The van der Waals surface area contributed by atoms with E-state index in [1.807, 2.05) is 13.1 Å². The van der Waals surface area contributed by atoms with Gasteiger partial charge < -0.3 is 19.7 Å². The lowest BCUT2D eigenvalue weighted by Gasteiger charge is -2.29. The Labute approximate surface area is 138 Å². The zero-order valence-electron chi connectivity index (χ0n) is 14.1. The van der Waals surface area contributed by atoms with Crippen LogP contribution in [0, 0.1) is 5.92 Å². The summed E-state index contributed by atoms with van der Waals surface area (Å²) < 4.78 is 11.2. The summed E-state index contributed by atoms with van der Waals surface area (Å²) in [6.07, 6.45) is 2.19. The van der Waals surface area contributed by atoms with E-state index in [1.165, 1.54) is 5.56 Å². The zero-order valence-corrected chi connectivity index (χ0v) is 14.1. The Morgan fingerprint density at radius 1 is 1.30 bits per heavy atom. The summed E-state index contributed by atoms with van der Waals surface area (Å²) in [4.78, 5) is 6.64. The van der Waals surface area contributed by atoms with Gasteiger partial charge >= 0.3 is 0 Å². The van der Waals surface area contributed by atoms with Crippen molar-refractivity contribution < 1.29 is 9.47 Å². The molecule has 1 aromatic rings. The number of hydrogen-bond donors (Lipinski definition) is 1. The first-order valence-electron chi connectivity index (χ1n) is 8.49. The molecule has 0 aliphatic carbocycles. The number of guanidine groups is 1. The molecule has 5 nitrogen and oxygen atoms in total. The number of aliphatic imine (C=N–C) groups is 1. The highest BCUT2D eigenvalue weighted by atomic mass is 16.5. The van der Waals surface area contributed by atoms with Gasteiger partial charge in [-0.05, 0) is 24.5 Å². The molecular weight excluding hydrogens is 290 g/mol. The summed E-state index contributed by atoms with van der Waals surface area (Å²) in [6, 6.07) is 8.35. The maximum absolute atomic E-state index is 5.74. The third-order valence-electron chi connectivity index (χ3n) is 4.72. The first kappa shape index (κ1) is 16.1. The average Bonchev–Trinajstić information content (AvgIpc) is 3.08. The summed E-state index contributed by atoms with van der Waals surface area (Å²) in [5, 5.41) is 3.53. The highest BCUT2D eigenvalue weighted by Gasteiger charge is 2.23. The summed E-state index contributed by atoms with van der Waals surface area (Å²) in [5.41, 5.74) is 1.30. The minimum Gasteiger partial charge on any atom is -0.493 e. The Balaban J connectivity index is 1.56. The Bertz CT molecular complexity index is 541. The van der Waals surface area contributed by atoms with Crippen molar-refractivity contribution in [1.29, 1.82) is 0 Å². The molecule has 0 bridgehead atoms. The van der Waals surface area contributed by atoms with Gasteiger partial charge in [0.15, 0.2) is 5.96 Å². The molecular formula is C18H27N3O2. The van der Waals surface area contributed by atoms with E-state index in [9.17, 15) is 0 Å². The first-order chi connectivity index (χ1) is 11.3. The molecule has 3 rings (SSSR count). The minimum absolute atomic E-state index is 0.472. The number of nitrogens with one attached hydrogen (secondary N) is 1. The van der Waals surface area contributed by atoms with E-state index in [-0.39, 0.29) is 0 Å². The van der Waals surface area contributed by atoms with Crippen LogP contribution in [0.1, 0.15) is 24.3 Å². The highest BCUT2D eigenvalue weighted by molar-refractivity contribution is 5.79. The van der Waals surface area contributed by atoms with Crippen molar-refractivity contribution in [2.24, 2.45) is 10.9 Å². The second-order valence-corrected chi connectivity index (χ2v) is 6.41. The second-order valence-electron chi connectivity index (χ2n) is 6.41. The fraction of sp³-hybridized carbons (Fsp3) is 0.611. The maximum Gasteiger partial charge on any atom is 0.193 e. The van der Waals surface area contributed by atoms with Crippen LogP contribution in [0.15, 0.2) is 29.3 Å². The molecule has 2 atom stereocenters. The monoisotopic (exact) mass is 317 g/mol. The van der Waals surface area contributed by atoms with Crippen LogP contribution in [-0.4, -0.2) is 57.9 Å². The van der Waals surface area contributed by atoms with Crippen molar-refractivity contribution in [3.63, 3.8) is 0 Å². The van der Waals surface area contributed by atoms with E-state index < -0.39 is 0 Å². The number of fused-ring (bicyclic) bond motifs is 1. The molecule has 0 saturated carbocycles. The van der Waals surface area contributed by atoms with Crippen LogP contribution in [0.3, 0.4) is 0 Å². The fourth-order valence-corrected chi connectivity index (χ4v) is 3.43. The smallest absolute Gasteiger partial charge is 0.193 e. The first-order valence-corrected chi connectivity index (χ1v) is 8.49. The Morgan fingerprint density at radius 3 is 2.96 bits per heavy atom. The van der Waals surface area contributed by atoms with E-state index in [4.69, 9.17) is 9.47 Å². The Hall–Kier alpha value is -1.75. The number of rotatable bonds is 4. The molecule has 1 N–H and O–H groups in total. The van der Waals surface area contributed by atoms with Crippen LogP contribution in [0.2, 0.25) is 0 Å². The summed E-state index contributed by atoms with van der Waals surface area (Å²) in [6.45, 7) is 4.43. The van der Waals surface area contributed by atoms with Crippen molar-refractivity contribution in [1.82, 2.24) is 10.2 Å². The van der Waals surface area contributed by atoms with Crippen LogP contribution in [0.5, 0.6) is 5.75 Å². The molecule has 0 aromatic heterocycles. The number of hydrogen-bond acceptors (Lipinski definition) is 3. The number of benzene rings is 1. The van der Waals surface area contributed by atoms with Crippen molar-refractivity contribution in [2.75, 3.05) is 47.0 Å². The van der Waals surface area contributed by atoms with Crippen molar-refractivity contribution in [3.8, 4) is 5.75 Å². The van der Waals surface area contributed by atoms with Gasteiger partial charge in [0.25, 0.3) is 0 Å². The van der Waals surface area contributed by atoms with Gasteiger partial charge in [-0.1, -0.05) is 18.2 Å². The summed E-state index contributed by atoms with van der Waals surface area (Å²) >= 11 is 0. The second kappa shape index (κ2) is 7.68. The van der Waals surface area contributed by atoms with E-state index in [0.717, 1.165) is 57.5 Å². The van der Waals surface area contributed by atoms with Gasteiger partial charge in [-0.3, -0.25) is 4.99 Å². The molecule has 2 unspecified atom stereocenters. The predicted octanol–water partition coefficient (Wildman–Crippen LogP) is 2.10. The third-order valence-corrected chi connectivity index (χ3v) is 4.72. The molecule has 1 saturated heterocycles. The summed E-state index contributed by atoms with van der Waals surface area (Å²) in [5.74, 6) is 3.07. The number of para-hydroxylation sites is 1. The Morgan fingerprint density at radius 2 is 2.17 bits per heavy atom. The predicted molar refractivity (Wildman–Crippen MR) is 92.2 cm³/mol. The molecule has 2 aliphatic rings. The van der Waals surface area contributed by atoms with Crippen LogP contribution in [0.4, 0.5) is 0 Å². The van der Waals surface area contributed by atoms with Crippen LogP contribution in [-0.2, 0) is 4.74 Å². The standard InChI is InChI=1S/C18H27N3O2/c1-19-18(21(2)12-14-7-9-22-13-14)20-11-15-8-10-23-17-6-4-3-5-16(15)17/h3-6,14-15H,7-13H2,1-2H3,(H,19,20). The van der Waals surface area contributed by atoms with Gasteiger partial charge in [-0.25, -0.2) is 0 Å². The molecule has 1 aromatic carbocycles. The maximum atomic E-state index is 5.74. The Kier molecular flexibility index (Phi) is 5.39. The highest BCUT2D eigenvalue weighted by Crippen LogP contribution is 2.32. The summed E-state index contributed by atoms with van der Waals surface area (Å²) in [7, 11) is 3.95. The lowest BCUT2D eigenvalue weighted by molar-refractivity contribution is 0.181. The van der Waals surface area contributed by atoms with E-state index >= 15 is 0 Å². The molecule has 126 valence electrons. The quantitative estimate of drug-likeness (QED) is 0.682. The van der Waals surface area contributed by atoms with Crippen LogP contribution >= 0.6 is 0 Å². The molecule has 2 heterocycles. The molecule has 0 spiro atoms. The molecule has 0 amide bonds. The topological polar surface area (TPSA) is 46.1 Å². The van der Waals surface area contributed by atoms with Crippen molar-refractivity contribution >= 4 is 5.96 Å². The van der Waals surface area contributed by atoms with Gasteiger partial charge in [-0.15, -0.1) is 0 Å². The van der Waals surface area contributed by atoms with Gasteiger partial charge in [0.2, 0.25) is 0 Å². The minimum atomic E-state index is 0.472. The van der Waals surface area contributed by atoms with Gasteiger partial charge in [0.05, 0.1) is 13.2 Å². The molecule has 0 radical (unpaired) electrons. The lowest BCUT2D eigenvalue weighted by atomic mass is 9.93. The van der Waals surface area contributed by atoms with Crippen LogP contribution < -0.4 is 10.1 Å². The van der Waals surface area contributed by atoms with Crippen molar-refractivity contribution in [3.05, 3.63) is 29.8 Å². The van der Waals surface area contributed by atoms with Gasteiger partial charge in [0.1, 0.15) is 5.75 Å². The molecule has 1 fully saturated rings. The van der Waals surface area contributed by atoms with E-state index in [0.29, 0.717) is 11.8 Å². The van der Waals surface area contributed by atoms with Gasteiger partial charge in [0, 0.05) is 45.6 Å². The normalized spacial score (nSPS) is 24.0. The number of ether oxygens (including phenoxy) is 2. The van der Waals surface area contributed by atoms with E-state index in [1.54, 1.807) is 0 Å². The molecule has 23 heavy (non-hydrogen) atoms. The fourth-order valence-electron chi connectivity index (χ4n) is 3.43. The zero-order chi connectivity index (χ0) is 16.1.